The van der Waals surface area contributed by atoms with E-state index >= 15 is 0 Å². The fourth-order valence-corrected chi connectivity index (χ4v) is 3.83. The SMILES string of the molecule is O=C(N/N=C/c1ccc(OCc2ccc([N+](=O)[O-])cc2)c(Br)c1)c1cc2cc(Br)ccc2o1. The van der Waals surface area contributed by atoms with Crippen LogP contribution in [0, 0.1) is 10.1 Å². The van der Waals surface area contributed by atoms with Gasteiger partial charge in [0.15, 0.2) is 5.76 Å². The van der Waals surface area contributed by atoms with Gasteiger partial charge in [0.1, 0.15) is 17.9 Å². The van der Waals surface area contributed by atoms with Crippen LogP contribution in [-0.4, -0.2) is 17.0 Å². The Bertz CT molecular complexity index is 1370. The molecule has 1 N–H and O–H groups in total. The summed E-state index contributed by atoms with van der Waals surface area (Å²) in [6.45, 7) is 0.258. The molecule has 0 radical (unpaired) electrons. The number of nitrogens with zero attached hydrogens (tertiary/aromatic N) is 2. The molecule has 8 nitrogen and oxygen atoms in total. The monoisotopic (exact) mass is 571 g/mol. The van der Waals surface area contributed by atoms with Gasteiger partial charge in [-0.3, -0.25) is 14.9 Å². The first-order chi connectivity index (χ1) is 15.9. The summed E-state index contributed by atoms with van der Waals surface area (Å²) < 4.78 is 12.9. The molecule has 1 amide bonds. The van der Waals surface area contributed by atoms with Crippen molar-refractivity contribution < 1.29 is 18.9 Å². The predicted molar refractivity (Wildman–Crippen MR) is 131 cm³/mol. The maximum atomic E-state index is 12.3. The number of amides is 1. The fraction of sp³-hybridized carbons (Fsp3) is 0.0435. The minimum atomic E-state index is -0.458. The van der Waals surface area contributed by atoms with Crippen LogP contribution >= 0.6 is 31.9 Å². The van der Waals surface area contributed by atoms with E-state index < -0.39 is 10.8 Å². The number of furan rings is 1. The van der Waals surface area contributed by atoms with Crippen molar-refractivity contribution in [3.05, 3.63) is 103 Å². The minimum Gasteiger partial charge on any atom is -0.488 e. The number of non-ortho nitro benzene ring substituents is 1. The van der Waals surface area contributed by atoms with E-state index in [0.29, 0.717) is 15.8 Å². The van der Waals surface area contributed by atoms with E-state index in [9.17, 15) is 14.9 Å². The van der Waals surface area contributed by atoms with Gasteiger partial charge in [-0.25, -0.2) is 5.43 Å². The molecule has 10 heteroatoms. The second-order valence-electron chi connectivity index (χ2n) is 6.89. The summed E-state index contributed by atoms with van der Waals surface area (Å²) in [5, 5.41) is 15.5. The quantitative estimate of drug-likeness (QED) is 0.161. The number of fused-ring (bicyclic) bond motifs is 1. The molecule has 0 aliphatic rings. The maximum Gasteiger partial charge on any atom is 0.307 e. The van der Waals surface area contributed by atoms with Crippen molar-refractivity contribution in [1.29, 1.82) is 0 Å². The van der Waals surface area contributed by atoms with Crippen LogP contribution in [0.2, 0.25) is 0 Å². The Morgan fingerprint density at radius 1 is 1.09 bits per heavy atom. The maximum absolute atomic E-state index is 12.3. The summed E-state index contributed by atoms with van der Waals surface area (Å²) in [4.78, 5) is 22.6. The largest absolute Gasteiger partial charge is 0.488 e. The lowest BCUT2D eigenvalue weighted by Crippen LogP contribution is -2.16. The van der Waals surface area contributed by atoms with Crippen LogP contribution in [0.3, 0.4) is 0 Å². The Morgan fingerprint density at radius 2 is 1.88 bits per heavy atom. The smallest absolute Gasteiger partial charge is 0.307 e. The number of benzene rings is 3. The molecule has 1 aromatic heterocycles. The van der Waals surface area contributed by atoms with Gasteiger partial charge in [0.2, 0.25) is 0 Å². The van der Waals surface area contributed by atoms with E-state index in [1.807, 2.05) is 12.1 Å². The van der Waals surface area contributed by atoms with E-state index in [1.54, 1.807) is 42.5 Å². The summed E-state index contributed by atoms with van der Waals surface area (Å²) in [5.74, 6) is 0.306. The number of hydrazone groups is 1. The van der Waals surface area contributed by atoms with Crippen molar-refractivity contribution in [2.75, 3.05) is 0 Å². The molecule has 3 aromatic carbocycles. The Balaban J connectivity index is 1.35. The molecule has 1 heterocycles. The van der Waals surface area contributed by atoms with Crippen LogP contribution in [0.5, 0.6) is 5.75 Å². The molecule has 0 saturated carbocycles. The summed E-state index contributed by atoms with van der Waals surface area (Å²) in [6.07, 6.45) is 1.50. The standard InChI is InChI=1S/C23H15Br2N3O5/c24-17-4-8-20-16(10-17)11-22(33-20)23(29)27-26-12-15-3-7-21(19(25)9-15)32-13-14-1-5-18(6-2-14)28(30)31/h1-12H,13H2,(H,27,29)/b26-12+. The highest BCUT2D eigenvalue weighted by Gasteiger charge is 2.12. The Morgan fingerprint density at radius 3 is 2.61 bits per heavy atom. The van der Waals surface area contributed by atoms with Crippen LogP contribution in [0.25, 0.3) is 11.0 Å². The van der Waals surface area contributed by atoms with Crippen LogP contribution in [0.4, 0.5) is 5.69 Å². The van der Waals surface area contributed by atoms with Gasteiger partial charge in [0, 0.05) is 22.0 Å². The second kappa shape index (κ2) is 9.97. The van der Waals surface area contributed by atoms with Crippen molar-refractivity contribution >= 4 is 60.6 Å². The molecular formula is C23H15Br2N3O5. The van der Waals surface area contributed by atoms with Gasteiger partial charge in [-0.2, -0.15) is 5.10 Å². The molecule has 0 aliphatic carbocycles. The highest BCUT2D eigenvalue weighted by Crippen LogP contribution is 2.27. The first-order valence-electron chi connectivity index (χ1n) is 9.57. The predicted octanol–water partition coefficient (Wildman–Crippen LogP) is 6.21. The first kappa shape index (κ1) is 22.7. The van der Waals surface area contributed by atoms with Gasteiger partial charge in [0.25, 0.3) is 5.69 Å². The number of hydrogen-bond donors (Lipinski definition) is 1. The summed E-state index contributed by atoms with van der Waals surface area (Å²) in [7, 11) is 0. The van der Waals surface area contributed by atoms with Crippen LogP contribution < -0.4 is 10.2 Å². The highest BCUT2D eigenvalue weighted by molar-refractivity contribution is 9.10. The number of nitro groups is 1. The van der Waals surface area contributed by atoms with Crippen molar-refractivity contribution in [1.82, 2.24) is 5.43 Å². The van der Waals surface area contributed by atoms with Gasteiger partial charge in [-0.1, -0.05) is 15.9 Å². The third kappa shape index (κ3) is 5.65. The molecule has 0 atom stereocenters. The van der Waals surface area contributed by atoms with E-state index in [-0.39, 0.29) is 18.1 Å². The summed E-state index contributed by atoms with van der Waals surface area (Å²) in [5.41, 5.74) is 4.63. The fourth-order valence-electron chi connectivity index (χ4n) is 2.94. The topological polar surface area (TPSA) is 107 Å². The number of rotatable bonds is 7. The van der Waals surface area contributed by atoms with E-state index in [4.69, 9.17) is 9.15 Å². The average molecular weight is 573 g/mol. The Hall–Kier alpha value is -3.50. The molecule has 0 saturated heterocycles. The second-order valence-corrected chi connectivity index (χ2v) is 8.66. The van der Waals surface area contributed by atoms with Crippen molar-refractivity contribution in [3.8, 4) is 5.75 Å². The van der Waals surface area contributed by atoms with Crippen LogP contribution in [-0.2, 0) is 6.61 Å². The number of ether oxygens (including phenoxy) is 1. The first-order valence-corrected chi connectivity index (χ1v) is 11.2. The Labute approximate surface area is 204 Å². The van der Waals surface area contributed by atoms with Crippen molar-refractivity contribution in [3.63, 3.8) is 0 Å². The molecule has 4 aromatic rings. The van der Waals surface area contributed by atoms with E-state index in [1.165, 1.54) is 18.3 Å². The van der Waals surface area contributed by atoms with Gasteiger partial charge in [-0.15, -0.1) is 0 Å². The molecule has 4 rings (SSSR count). The van der Waals surface area contributed by atoms with Crippen LogP contribution in [0.15, 0.2) is 85.2 Å². The zero-order valence-corrected chi connectivity index (χ0v) is 20.0. The number of halogens is 2. The Kier molecular flexibility index (Phi) is 6.85. The molecular weight excluding hydrogens is 558 g/mol. The van der Waals surface area contributed by atoms with Gasteiger partial charge >= 0.3 is 5.91 Å². The average Bonchev–Trinajstić information content (AvgIpc) is 3.22. The lowest BCUT2D eigenvalue weighted by Gasteiger charge is -2.09. The molecule has 0 unspecified atom stereocenters. The van der Waals surface area contributed by atoms with Gasteiger partial charge in [-0.05, 0) is 81.7 Å². The molecule has 166 valence electrons. The zero-order chi connectivity index (χ0) is 23.4. The molecule has 33 heavy (non-hydrogen) atoms. The highest BCUT2D eigenvalue weighted by atomic mass is 79.9. The number of hydrogen-bond acceptors (Lipinski definition) is 6. The number of nitrogens with one attached hydrogen (secondary N) is 1. The number of carbonyl (C=O) groups excluding carboxylic acids is 1. The van der Waals surface area contributed by atoms with E-state index in [0.717, 1.165) is 21.0 Å². The summed E-state index contributed by atoms with van der Waals surface area (Å²) in [6, 6.07) is 18.6. The van der Waals surface area contributed by atoms with Crippen molar-refractivity contribution in [2.24, 2.45) is 5.10 Å². The lowest BCUT2D eigenvalue weighted by atomic mass is 10.2. The normalized spacial score (nSPS) is 11.1. The summed E-state index contributed by atoms with van der Waals surface area (Å²) >= 11 is 6.84. The molecule has 0 aliphatic heterocycles. The lowest BCUT2D eigenvalue weighted by molar-refractivity contribution is -0.384. The van der Waals surface area contributed by atoms with Gasteiger partial charge < -0.3 is 9.15 Å². The minimum absolute atomic E-state index is 0.0315. The molecule has 0 spiro atoms. The zero-order valence-electron chi connectivity index (χ0n) is 16.8. The molecule has 0 bridgehead atoms. The number of carbonyl (C=O) groups is 1. The van der Waals surface area contributed by atoms with Crippen molar-refractivity contribution in [2.45, 2.75) is 6.61 Å². The van der Waals surface area contributed by atoms with Gasteiger partial charge in [0.05, 0.1) is 15.6 Å². The van der Waals surface area contributed by atoms with Crippen LogP contribution in [0.1, 0.15) is 21.7 Å². The third-order valence-electron chi connectivity index (χ3n) is 4.58. The number of nitro benzene ring substituents is 1. The van der Waals surface area contributed by atoms with E-state index in [2.05, 4.69) is 42.4 Å². The third-order valence-corrected chi connectivity index (χ3v) is 5.69. The molecule has 0 fully saturated rings.